The molecular formula is C6H10N5Y+2. The van der Waals surface area contributed by atoms with E-state index in [0.717, 1.165) is 0 Å². The fourth-order valence-electron chi connectivity index (χ4n) is 0.673. The number of hydrogen-bond donors (Lipinski definition) is 2. The largest absolute Gasteiger partial charge is 3.00 e. The smallest absolute Gasteiger partial charge is 0.506 e. The van der Waals surface area contributed by atoms with Gasteiger partial charge in [-0.2, -0.15) is 9.97 Å². The van der Waals surface area contributed by atoms with Crippen LogP contribution < -0.4 is 10.6 Å². The molecule has 1 rings (SSSR count). The Morgan fingerprint density at radius 2 is 1.75 bits per heavy atom. The second-order valence-corrected chi connectivity index (χ2v) is 1.96. The van der Waals surface area contributed by atoms with Gasteiger partial charge in [-0.25, -0.2) is 4.98 Å². The molecule has 0 spiro atoms. The fourth-order valence-corrected chi connectivity index (χ4v) is 0.673. The van der Waals surface area contributed by atoms with Crippen LogP contribution in [-0.2, 0) is 32.7 Å². The average molecular weight is 241 g/mol. The van der Waals surface area contributed by atoms with Gasteiger partial charge in [0.1, 0.15) is 5.82 Å². The van der Waals surface area contributed by atoms with Crippen molar-refractivity contribution >= 4 is 11.9 Å². The minimum absolute atomic E-state index is 0. The van der Waals surface area contributed by atoms with Crippen LogP contribution in [0.1, 0.15) is 5.82 Å². The summed E-state index contributed by atoms with van der Waals surface area (Å²) in [6.45, 7) is 1.80. The summed E-state index contributed by atoms with van der Waals surface area (Å²) < 4.78 is 0. The summed E-state index contributed by atoms with van der Waals surface area (Å²) in [5.41, 5.74) is 0. The molecule has 0 saturated carbocycles. The first kappa shape index (κ1) is 11.7. The Balaban J connectivity index is 0.00000121. The van der Waals surface area contributed by atoms with E-state index >= 15 is 0 Å². The van der Waals surface area contributed by atoms with E-state index in [1.165, 1.54) is 0 Å². The van der Waals surface area contributed by atoms with Gasteiger partial charge in [0.2, 0.25) is 5.95 Å². The number of anilines is 2. The fraction of sp³-hybridized carbons (Fsp3) is 0.333. The van der Waals surface area contributed by atoms with E-state index < -0.39 is 0 Å². The van der Waals surface area contributed by atoms with E-state index in [4.69, 9.17) is 0 Å². The summed E-state index contributed by atoms with van der Waals surface area (Å²) >= 11 is 0. The Labute approximate surface area is 96.7 Å². The zero-order valence-electron chi connectivity index (χ0n) is 7.13. The van der Waals surface area contributed by atoms with Crippen molar-refractivity contribution in [1.29, 1.82) is 0 Å². The van der Waals surface area contributed by atoms with Crippen molar-refractivity contribution in [3.63, 3.8) is 0 Å². The monoisotopic (exact) mass is 241 g/mol. The van der Waals surface area contributed by atoms with Crippen LogP contribution in [0, 0.1) is 14.0 Å². The normalized spacial score (nSPS) is 8.58. The molecule has 1 aromatic rings. The van der Waals surface area contributed by atoms with Gasteiger partial charge in [-0.05, 0) is 6.92 Å². The van der Waals surface area contributed by atoms with Crippen molar-refractivity contribution < 1.29 is 32.7 Å². The number of aryl methyl sites for hydroxylation is 1. The number of hydrogen-bond acceptors (Lipinski definition) is 5. The summed E-state index contributed by atoms with van der Waals surface area (Å²) in [4.78, 5) is 11.9. The predicted molar refractivity (Wildman–Crippen MR) is 43.1 cm³/mol. The molecule has 0 atom stereocenters. The maximum Gasteiger partial charge on any atom is 3.00 e. The van der Waals surface area contributed by atoms with Gasteiger partial charge in [-0.1, -0.05) is 0 Å². The van der Waals surface area contributed by atoms with Gasteiger partial charge in [0.15, 0.2) is 5.95 Å². The topological polar surface area (TPSA) is 62.7 Å². The van der Waals surface area contributed by atoms with Crippen LogP contribution in [0.2, 0.25) is 0 Å². The van der Waals surface area contributed by atoms with Crippen molar-refractivity contribution in [2.24, 2.45) is 0 Å². The van der Waals surface area contributed by atoms with Crippen molar-refractivity contribution in [3.8, 4) is 0 Å². The maximum absolute atomic E-state index is 4.00. The van der Waals surface area contributed by atoms with Crippen molar-refractivity contribution in [3.05, 3.63) is 12.9 Å². The van der Waals surface area contributed by atoms with E-state index in [1.807, 2.05) is 0 Å². The Morgan fingerprint density at radius 1 is 1.17 bits per heavy atom. The van der Waals surface area contributed by atoms with E-state index in [-0.39, 0.29) is 32.7 Å². The zero-order valence-corrected chi connectivity index (χ0v) is 9.96. The molecule has 0 fully saturated rings. The van der Waals surface area contributed by atoms with E-state index in [1.54, 1.807) is 14.0 Å². The molecule has 0 bridgehead atoms. The minimum Gasteiger partial charge on any atom is -0.506 e. The average Bonchev–Trinajstić information content (AvgIpc) is 2.03. The molecule has 0 aliphatic heterocycles. The summed E-state index contributed by atoms with van der Waals surface area (Å²) in [5, 5.41) is 5.40. The van der Waals surface area contributed by atoms with E-state index in [2.05, 4.69) is 32.6 Å². The second kappa shape index (κ2) is 5.38. The van der Waals surface area contributed by atoms with Crippen molar-refractivity contribution in [2.45, 2.75) is 6.92 Å². The molecule has 1 aromatic heterocycles. The molecule has 0 aliphatic carbocycles. The first-order valence-corrected chi connectivity index (χ1v) is 3.20. The zero-order chi connectivity index (χ0) is 8.27. The Bertz CT molecular complexity index is 229. The number of nitrogens with one attached hydrogen (secondary N) is 2. The number of nitrogens with zero attached hydrogens (tertiary/aromatic N) is 3. The molecule has 2 N–H and O–H groups in total. The molecular weight excluding hydrogens is 231 g/mol. The minimum atomic E-state index is 0. The van der Waals surface area contributed by atoms with Gasteiger partial charge in [0, 0.05) is 7.05 Å². The summed E-state index contributed by atoms with van der Waals surface area (Å²) in [6, 6.07) is 0. The molecule has 0 aromatic carbocycles. The van der Waals surface area contributed by atoms with Crippen molar-refractivity contribution in [1.82, 2.24) is 15.0 Å². The number of rotatable bonds is 2. The molecule has 0 radical (unpaired) electrons. The Morgan fingerprint density at radius 3 is 2.25 bits per heavy atom. The van der Waals surface area contributed by atoms with Crippen LogP contribution in [0.25, 0.3) is 0 Å². The summed E-state index contributed by atoms with van der Waals surface area (Å²) in [5.74, 6) is 1.68. The molecule has 1 heterocycles. The third kappa shape index (κ3) is 2.99. The third-order valence-corrected chi connectivity index (χ3v) is 1.13. The van der Waals surface area contributed by atoms with Crippen LogP contribution in [0.3, 0.4) is 0 Å². The van der Waals surface area contributed by atoms with Gasteiger partial charge >= 0.3 is 32.7 Å². The maximum atomic E-state index is 4.00. The quantitative estimate of drug-likeness (QED) is 0.735. The van der Waals surface area contributed by atoms with Crippen LogP contribution in [0.15, 0.2) is 0 Å². The summed E-state index contributed by atoms with van der Waals surface area (Å²) in [7, 11) is 5.19. The van der Waals surface area contributed by atoms with Gasteiger partial charge < -0.3 is 10.6 Å². The molecule has 0 saturated heterocycles. The first-order valence-electron chi connectivity index (χ1n) is 3.20. The van der Waals surface area contributed by atoms with E-state index in [9.17, 15) is 0 Å². The molecule has 5 nitrogen and oxygen atoms in total. The first-order chi connectivity index (χ1) is 5.26. The van der Waals surface area contributed by atoms with Crippen LogP contribution in [0.4, 0.5) is 11.9 Å². The summed E-state index contributed by atoms with van der Waals surface area (Å²) in [6.07, 6.45) is 0. The molecule has 0 unspecified atom stereocenters. The van der Waals surface area contributed by atoms with Gasteiger partial charge in [-0.3, -0.25) is 7.05 Å². The second-order valence-electron chi connectivity index (χ2n) is 1.96. The SMILES string of the molecule is [CH2-]Nc1nc(C)nc(NC)n1.[Y+3]. The van der Waals surface area contributed by atoms with Gasteiger partial charge in [-0.15, -0.1) is 0 Å². The molecule has 12 heavy (non-hydrogen) atoms. The van der Waals surface area contributed by atoms with E-state index in [0.29, 0.717) is 17.7 Å². The molecule has 60 valence electrons. The van der Waals surface area contributed by atoms with Crippen LogP contribution in [-0.4, -0.2) is 22.0 Å². The van der Waals surface area contributed by atoms with Crippen molar-refractivity contribution in [2.75, 3.05) is 17.7 Å². The van der Waals surface area contributed by atoms with Crippen LogP contribution in [0.5, 0.6) is 0 Å². The molecule has 0 aliphatic rings. The van der Waals surface area contributed by atoms with Crippen LogP contribution >= 0.6 is 0 Å². The predicted octanol–water partition coefficient (Wildman–Crippen LogP) is 0.423. The molecule has 0 amide bonds. The van der Waals surface area contributed by atoms with Gasteiger partial charge in [0.25, 0.3) is 0 Å². The Kier molecular flexibility index (Phi) is 5.25. The third-order valence-electron chi connectivity index (χ3n) is 1.13. The molecule has 6 heteroatoms. The number of aromatic nitrogens is 3. The van der Waals surface area contributed by atoms with Gasteiger partial charge in [0.05, 0.1) is 0 Å². The standard InChI is InChI=1S/C6H10N5.Y/c1-4-9-5(7-2)11-6(8-3)10-4;/h2H2,1,3H3,(H2,7,8,9,10,11);/q-1;+3. The Hall–Kier alpha value is -0.286.